The van der Waals surface area contributed by atoms with Crippen LogP contribution in [0.2, 0.25) is 0 Å². The molecule has 2 rings (SSSR count). The third kappa shape index (κ3) is 4.60. The van der Waals surface area contributed by atoms with Gasteiger partial charge >= 0.3 is 0 Å². The van der Waals surface area contributed by atoms with Crippen molar-refractivity contribution in [3.8, 4) is 0 Å². The van der Waals surface area contributed by atoms with Gasteiger partial charge in [0.05, 0.1) is 18.1 Å². The maximum absolute atomic E-state index is 10.0. The molecule has 19 heavy (non-hydrogen) atoms. The molecule has 0 spiro atoms. The molecule has 0 unspecified atom stereocenters. The van der Waals surface area contributed by atoms with Crippen molar-refractivity contribution in [1.82, 2.24) is 19.8 Å². The first-order valence-electron chi connectivity index (χ1n) is 7.21. The monoisotopic (exact) mass is 266 g/mol. The zero-order chi connectivity index (χ0) is 13.7. The molecule has 0 bridgehead atoms. The van der Waals surface area contributed by atoms with Crippen LogP contribution in [0.25, 0.3) is 0 Å². The van der Waals surface area contributed by atoms with Gasteiger partial charge in [0, 0.05) is 32.9 Å². The Hall–Kier alpha value is -0.910. The van der Waals surface area contributed by atoms with Gasteiger partial charge in [-0.05, 0) is 31.8 Å². The first kappa shape index (κ1) is 14.5. The van der Waals surface area contributed by atoms with Crippen molar-refractivity contribution in [1.29, 1.82) is 0 Å². The molecule has 1 atom stereocenters. The highest BCUT2D eigenvalue weighted by Gasteiger charge is 2.17. The quantitative estimate of drug-likeness (QED) is 0.792. The number of nitrogens with zero attached hydrogens (tertiary/aromatic N) is 3. The first-order valence-corrected chi connectivity index (χ1v) is 7.21. The van der Waals surface area contributed by atoms with Gasteiger partial charge in [-0.1, -0.05) is 6.92 Å². The molecule has 108 valence electrons. The van der Waals surface area contributed by atoms with Crippen LogP contribution < -0.4 is 5.32 Å². The number of hydrogen-bond donors (Lipinski definition) is 2. The topological polar surface area (TPSA) is 53.3 Å². The number of aromatic nitrogens is 2. The van der Waals surface area contributed by atoms with E-state index in [-0.39, 0.29) is 6.10 Å². The molecule has 1 aromatic rings. The number of imidazole rings is 1. The molecule has 1 aliphatic heterocycles. The van der Waals surface area contributed by atoms with Crippen LogP contribution in [0.5, 0.6) is 0 Å². The number of aliphatic hydroxyl groups is 1. The second-order valence-corrected chi connectivity index (χ2v) is 5.76. The average molecular weight is 266 g/mol. The third-order valence-corrected chi connectivity index (χ3v) is 3.95. The average Bonchev–Trinajstić information content (AvgIpc) is 2.78. The Labute approximate surface area is 115 Å². The molecule has 5 heteroatoms. The highest BCUT2D eigenvalue weighted by molar-refractivity contribution is 4.96. The second-order valence-electron chi connectivity index (χ2n) is 5.76. The minimum atomic E-state index is -0.290. The molecule has 0 aromatic carbocycles. The van der Waals surface area contributed by atoms with E-state index in [1.54, 1.807) is 6.33 Å². The lowest BCUT2D eigenvalue weighted by atomic mass is 9.99. The maximum atomic E-state index is 10.0. The highest BCUT2D eigenvalue weighted by Crippen LogP contribution is 2.15. The van der Waals surface area contributed by atoms with Crippen LogP contribution in [-0.2, 0) is 13.6 Å². The van der Waals surface area contributed by atoms with E-state index in [9.17, 15) is 5.11 Å². The van der Waals surface area contributed by atoms with Crippen molar-refractivity contribution < 1.29 is 5.11 Å². The summed E-state index contributed by atoms with van der Waals surface area (Å²) < 4.78 is 1.99. The van der Waals surface area contributed by atoms with Gasteiger partial charge in [0.1, 0.15) is 0 Å². The van der Waals surface area contributed by atoms with Gasteiger partial charge < -0.3 is 19.9 Å². The number of β-amino-alcohol motifs (C(OH)–C–C–N with tert-alkyl or cyclic N) is 1. The van der Waals surface area contributed by atoms with Crippen LogP contribution in [0.15, 0.2) is 12.5 Å². The molecule has 1 aliphatic rings. The lowest BCUT2D eigenvalue weighted by Crippen LogP contribution is -2.41. The summed E-state index contributed by atoms with van der Waals surface area (Å²) in [7, 11) is 1.98. The van der Waals surface area contributed by atoms with Gasteiger partial charge in [0.15, 0.2) is 0 Å². The van der Waals surface area contributed by atoms with Crippen LogP contribution in [-0.4, -0.2) is 51.8 Å². The summed E-state index contributed by atoms with van der Waals surface area (Å²) in [6.07, 6.45) is 5.87. The van der Waals surface area contributed by atoms with Crippen LogP contribution in [0, 0.1) is 5.92 Å². The number of aliphatic hydroxyl groups excluding tert-OH is 1. The third-order valence-electron chi connectivity index (χ3n) is 3.95. The Morgan fingerprint density at radius 3 is 2.84 bits per heavy atom. The van der Waals surface area contributed by atoms with E-state index in [4.69, 9.17) is 0 Å². The summed E-state index contributed by atoms with van der Waals surface area (Å²) in [5.74, 6) is 0.844. The van der Waals surface area contributed by atoms with E-state index in [0.717, 1.165) is 37.8 Å². The number of hydrogen-bond acceptors (Lipinski definition) is 4. The summed E-state index contributed by atoms with van der Waals surface area (Å²) in [5.41, 5.74) is 1.14. The van der Waals surface area contributed by atoms with E-state index in [2.05, 4.69) is 22.1 Å². The number of likely N-dealkylation sites (tertiary alicyclic amines) is 1. The fourth-order valence-corrected chi connectivity index (χ4v) is 2.53. The summed E-state index contributed by atoms with van der Waals surface area (Å²) >= 11 is 0. The Morgan fingerprint density at radius 2 is 2.21 bits per heavy atom. The fraction of sp³-hybridized carbons (Fsp3) is 0.786. The fourth-order valence-electron chi connectivity index (χ4n) is 2.53. The zero-order valence-corrected chi connectivity index (χ0v) is 12.0. The summed E-state index contributed by atoms with van der Waals surface area (Å²) in [4.78, 5) is 6.44. The molecule has 0 radical (unpaired) electrons. The van der Waals surface area contributed by atoms with E-state index >= 15 is 0 Å². The van der Waals surface area contributed by atoms with Crippen LogP contribution >= 0.6 is 0 Å². The standard InChI is InChI=1S/C14H26N4O/c1-12-3-5-18(6-4-12)10-14(19)9-15-7-13-8-16-11-17(13)2/h8,11-12,14-15,19H,3-7,9-10H2,1-2H3/t14-/m0/s1. The number of piperidine rings is 1. The minimum absolute atomic E-state index is 0.290. The molecule has 2 heterocycles. The van der Waals surface area contributed by atoms with E-state index in [1.165, 1.54) is 12.8 Å². The van der Waals surface area contributed by atoms with Gasteiger partial charge in [-0.2, -0.15) is 0 Å². The van der Waals surface area contributed by atoms with Crippen molar-refractivity contribution in [2.24, 2.45) is 13.0 Å². The normalized spacial score (nSPS) is 19.7. The van der Waals surface area contributed by atoms with Gasteiger partial charge in [0.25, 0.3) is 0 Å². The molecule has 0 amide bonds. The molecular formula is C14H26N4O. The Balaban J connectivity index is 1.62. The molecule has 0 aliphatic carbocycles. The molecule has 1 saturated heterocycles. The SMILES string of the molecule is CC1CCN(C[C@@H](O)CNCc2cncn2C)CC1. The van der Waals surface area contributed by atoms with Gasteiger partial charge in [-0.25, -0.2) is 4.98 Å². The summed E-state index contributed by atoms with van der Waals surface area (Å²) in [5, 5.41) is 13.3. The predicted octanol–water partition coefficient (Wildman–Crippen LogP) is 0.602. The number of aryl methyl sites for hydroxylation is 1. The maximum Gasteiger partial charge on any atom is 0.0945 e. The van der Waals surface area contributed by atoms with Crippen molar-refractivity contribution in [3.63, 3.8) is 0 Å². The lowest BCUT2D eigenvalue weighted by molar-refractivity contribution is 0.0906. The zero-order valence-electron chi connectivity index (χ0n) is 12.0. The van der Waals surface area contributed by atoms with E-state index < -0.39 is 0 Å². The largest absolute Gasteiger partial charge is 0.390 e. The second kappa shape index (κ2) is 7.03. The van der Waals surface area contributed by atoms with Crippen molar-refractivity contribution >= 4 is 0 Å². The molecule has 5 nitrogen and oxygen atoms in total. The highest BCUT2D eigenvalue weighted by atomic mass is 16.3. The van der Waals surface area contributed by atoms with Gasteiger partial charge in [-0.3, -0.25) is 0 Å². The molecular weight excluding hydrogens is 240 g/mol. The smallest absolute Gasteiger partial charge is 0.0945 e. The van der Waals surface area contributed by atoms with Gasteiger partial charge in [0.2, 0.25) is 0 Å². The Bertz CT molecular complexity index is 371. The van der Waals surface area contributed by atoms with Gasteiger partial charge in [-0.15, -0.1) is 0 Å². The van der Waals surface area contributed by atoms with E-state index in [0.29, 0.717) is 6.54 Å². The van der Waals surface area contributed by atoms with Crippen LogP contribution in [0.4, 0.5) is 0 Å². The molecule has 2 N–H and O–H groups in total. The van der Waals surface area contributed by atoms with Crippen molar-refractivity contribution in [3.05, 3.63) is 18.2 Å². The van der Waals surface area contributed by atoms with E-state index in [1.807, 2.05) is 17.8 Å². The lowest BCUT2D eigenvalue weighted by Gasteiger charge is -2.31. The molecule has 0 saturated carbocycles. The van der Waals surface area contributed by atoms with Crippen LogP contribution in [0.1, 0.15) is 25.5 Å². The summed E-state index contributed by atoms with van der Waals surface area (Å²) in [6.45, 7) is 6.73. The summed E-state index contributed by atoms with van der Waals surface area (Å²) in [6, 6.07) is 0. The minimum Gasteiger partial charge on any atom is -0.390 e. The molecule has 1 aromatic heterocycles. The number of rotatable bonds is 6. The Kier molecular flexibility index (Phi) is 5.36. The Morgan fingerprint density at radius 1 is 1.47 bits per heavy atom. The van der Waals surface area contributed by atoms with Crippen LogP contribution in [0.3, 0.4) is 0 Å². The first-order chi connectivity index (χ1) is 9.15. The molecule has 1 fully saturated rings. The van der Waals surface area contributed by atoms with Crippen molar-refractivity contribution in [2.75, 3.05) is 26.2 Å². The number of nitrogens with one attached hydrogen (secondary N) is 1. The van der Waals surface area contributed by atoms with Crippen molar-refractivity contribution in [2.45, 2.75) is 32.4 Å². The predicted molar refractivity (Wildman–Crippen MR) is 75.8 cm³/mol.